The molecule has 0 aromatic heterocycles. The number of allylic oxidation sites excluding steroid dienone is 1. The third kappa shape index (κ3) is 5.00. The molecule has 5 heteroatoms. The molecule has 0 saturated carbocycles. The van der Waals surface area contributed by atoms with Crippen LogP contribution in [0, 0.1) is 17.1 Å². The van der Waals surface area contributed by atoms with Gasteiger partial charge >= 0.3 is 0 Å². The number of rotatable bonds is 6. The first-order chi connectivity index (χ1) is 15.6. The van der Waals surface area contributed by atoms with Gasteiger partial charge in [0.1, 0.15) is 11.6 Å². The zero-order valence-corrected chi connectivity index (χ0v) is 17.1. The van der Waals surface area contributed by atoms with Gasteiger partial charge in [0.15, 0.2) is 6.61 Å². The molecule has 0 bridgehead atoms. The Bertz CT molecular complexity index is 1340. The van der Waals surface area contributed by atoms with Crippen LogP contribution in [-0.2, 0) is 4.79 Å². The Morgan fingerprint density at radius 2 is 1.66 bits per heavy atom. The topological polar surface area (TPSA) is 62.1 Å². The summed E-state index contributed by atoms with van der Waals surface area (Å²) < 4.78 is 18.7. The minimum absolute atomic E-state index is 0.222. The average molecular weight is 422 g/mol. The molecule has 4 rings (SSSR count). The van der Waals surface area contributed by atoms with Crippen LogP contribution in [0.4, 0.5) is 10.1 Å². The lowest BCUT2D eigenvalue weighted by Gasteiger charge is -2.10. The molecule has 1 N–H and O–H groups in total. The fraction of sp³-hybridized carbons (Fsp3) is 0.0370. The zero-order chi connectivity index (χ0) is 22.3. The summed E-state index contributed by atoms with van der Waals surface area (Å²) in [6.07, 6.45) is 1.75. The van der Waals surface area contributed by atoms with Gasteiger partial charge in [0.25, 0.3) is 5.91 Å². The summed E-state index contributed by atoms with van der Waals surface area (Å²) in [5, 5.41) is 14.6. The van der Waals surface area contributed by atoms with Gasteiger partial charge in [-0.3, -0.25) is 4.79 Å². The molecule has 0 aliphatic rings. The predicted molar refractivity (Wildman–Crippen MR) is 124 cm³/mol. The van der Waals surface area contributed by atoms with Gasteiger partial charge in [0.2, 0.25) is 0 Å². The van der Waals surface area contributed by atoms with E-state index in [1.807, 2.05) is 54.6 Å². The summed E-state index contributed by atoms with van der Waals surface area (Å²) >= 11 is 0. The largest absolute Gasteiger partial charge is 0.483 e. The van der Waals surface area contributed by atoms with Gasteiger partial charge in [0.05, 0.1) is 11.6 Å². The van der Waals surface area contributed by atoms with Crippen molar-refractivity contribution >= 4 is 34.0 Å². The molecule has 4 nitrogen and oxygen atoms in total. The Morgan fingerprint density at radius 1 is 0.938 bits per heavy atom. The van der Waals surface area contributed by atoms with E-state index in [0.29, 0.717) is 22.6 Å². The third-order valence-electron chi connectivity index (χ3n) is 4.89. The molecule has 0 spiro atoms. The molecule has 0 radical (unpaired) electrons. The van der Waals surface area contributed by atoms with Crippen molar-refractivity contribution in [2.45, 2.75) is 0 Å². The molecule has 0 fully saturated rings. The highest BCUT2D eigenvalue weighted by Gasteiger charge is 2.09. The Morgan fingerprint density at radius 3 is 2.44 bits per heavy atom. The highest BCUT2D eigenvalue weighted by Crippen LogP contribution is 2.26. The second kappa shape index (κ2) is 9.59. The first-order valence-electron chi connectivity index (χ1n) is 10.0. The number of para-hydroxylation sites is 1. The molecule has 0 aliphatic carbocycles. The molecule has 0 aliphatic heterocycles. The van der Waals surface area contributed by atoms with Crippen LogP contribution in [0.3, 0.4) is 0 Å². The zero-order valence-electron chi connectivity index (χ0n) is 17.1. The average Bonchev–Trinajstić information content (AvgIpc) is 2.83. The van der Waals surface area contributed by atoms with Gasteiger partial charge in [-0.05, 0) is 58.8 Å². The number of nitrogens with zero attached hydrogens (tertiary/aromatic N) is 1. The van der Waals surface area contributed by atoms with Crippen molar-refractivity contribution in [1.82, 2.24) is 0 Å². The second-order valence-corrected chi connectivity index (χ2v) is 7.11. The lowest BCUT2D eigenvalue weighted by atomic mass is 10.00. The molecule has 0 heterocycles. The van der Waals surface area contributed by atoms with Crippen LogP contribution in [0.15, 0.2) is 91.0 Å². The molecule has 0 saturated heterocycles. The quantitative estimate of drug-likeness (QED) is 0.303. The molecule has 4 aromatic rings. The van der Waals surface area contributed by atoms with Gasteiger partial charge in [-0.2, -0.15) is 5.26 Å². The maximum atomic E-state index is 13.0. The number of halogens is 1. The van der Waals surface area contributed by atoms with Crippen molar-refractivity contribution in [3.05, 3.63) is 108 Å². The maximum absolute atomic E-state index is 13.0. The number of anilines is 1. The van der Waals surface area contributed by atoms with E-state index < -0.39 is 0 Å². The Labute approximate surface area is 185 Å². The van der Waals surface area contributed by atoms with Crippen LogP contribution in [-0.4, -0.2) is 12.5 Å². The number of amides is 1. The number of carbonyl (C=O) groups excluding carboxylic acids is 1. The van der Waals surface area contributed by atoms with Crippen molar-refractivity contribution < 1.29 is 13.9 Å². The van der Waals surface area contributed by atoms with Gasteiger partial charge in [-0.1, -0.05) is 54.6 Å². The Balaban J connectivity index is 1.52. The molecule has 0 unspecified atom stereocenters. The molecule has 32 heavy (non-hydrogen) atoms. The smallest absolute Gasteiger partial charge is 0.262 e. The van der Waals surface area contributed by atoms with Gasteiger partial charge in [-0.15, -0.1) is 0 Å². The standard InChI is InChI=1S/C27H19FN2O2/c28-24-11-13-25(14-12-24)30-27(31)18-32-26-8-4-3-7-22(26)16-23(17-29)21-10-9-19-5-1-2-6-20(19)15-21/h1-16H,18H2,(H,30,31)/b23-16-. The van der Waals surface area contributed by atoms with Crippen molar-refractivity contribution in [1.29, 1.82) is 5.26 Å². The monoisotopic (exact) mass is 422 g/mol. The van der Waals surface area contributed by atoms with E-state index in [1.54, 1.807) is 18.2 Å². The summed E-state index contributed by atoms with van der Waals surface area (Å²) in [7, 11) is 0. The third-order valence-corrected chi connectivity index (χ3v) is 4.89. The van der Waals surface area contributed by atoms with E-state index in [0.717, 1.165) is 16.3 Å². The summed E-state index contributed by atoms with van der Waals surface area (Å²) in [6.45, 7) is -0.222. The van der Waals surface area contributed by atoms with Crippen LogP contribution < -0.4 is 10.1 Å². The maximum Gasteiger partial charge on any atom is 0.262 e. The fourth-order valence-corrected chi connectivity index (χ4v) is 3.30. The fourth-order valence-electron chi connectivity index (χ4n) is 3.30. The van der Waals surface area contributed by atoms with Gasteiger partial charge in [0, 0.05) is 11.3 Å². The highest BCUT2D eigenvalue weighted by atomic mass is 19.1. The van der Waals surface area contributed by atoms with Gasteiger partial charge in [-0.25, -0.2) is 4.39 Å². The lowest BCUT2D eigenvalue weighted by molar-refractivity contribution is -0.118. The van der Waals surface area contributed by atoms with Crippen molar-refractivity contribution in [3.63, 3.8) is 0 Å². The number of benzene rings is 4. The molecule has 0 atom stereocenters. The summed E-state index contributed by atoms with van der Waals surface area (Å²) in [6, 6.07) is 28.8. The highest BCUT2D eigenvalue weighted by molar-refractivity contribution is 5.95. The Kier molecular flexibility index (Phi) is 6.24. The van der Waals surface area contributed by atoms with Crippen LogP contribution in [0.5, 0.6) is 5.75 Å². The molecule has 4 aromatic carbocycles. The summed E-state index contributed by atoms with van der Waals surface area (Å²) in [4.78, 5) is 12.2. The van der Waals surface area contributed by atoms with E-state index in [2.05, 4.69) is 11.4 Å². The van der Waals surface area contributed by atoms with Crippen LogP contribution in [0.2, 0.25) is 0 Å². The van der Waals surface area contributed by atoms with Crippen molar-refractivity contribution in [2.75, 3.05) is 11.9 Å². The summed E-state index contributed by atoms with van der Waals surface area (Å²) in [5.74, 6) is -0.264. The number of hydrogen-bond donors (Lipinski definition) is 1. The molecular weight excluding hydrogens is 403 g/mol. The number of nitrogens with one attached hydrogen (secondary N) is 1. The molecular formula is C27H19FN2O2. The van der Waals surface area contributed by atoms with E-state index in [4.69, 9.17) is 4.74 Å². The first-order valence-corrected chi connectivity index (χ1v) is 10.0. The second-order valence-electron chi connectivity index (χ2n) is 7.11. The van der Waals surface area contributed by atoms with E-state index in [1.165, 1.54) is 24.3 Å². The molecule has 1 amide bonds. The van der Waals surface area contributed by atoms with E-state index in [9.17, 15) is 14.4 Å². The number of hydrogen-bond acceptors (Lipinski definition) is 3. The van der Waals surface area contributed by atoms with Crippen molar-refractivity contribution in [3.8, 4) is 11.8 Å². The lowest BCUT2D eigenvalue weighted by Crippen LogP contribution is -2.20. The minimum atomic E-state index is -0.375. The normalized spacial score (nSPS) is 11.1. The number of ether oxygens (including phenoxy) is 1. The number of carbonyl (C=O) groups is 1. The van der Waals surface area contributed by atoms with Crippen LogP contribution >= 0.6 is 0 Å². The van der Waals surface area contributed by atoms with Crippen LogP contribution in [0.1, 0.15) is 11.1 Å². The summed E-state index contributed by atoms with van der Waals surface area (Å²) in [5.41, 5.74) is 2.46. The van der Waals surface area contributed by atoms with E-state index >= 15 is 0 Å². The Hall–Kier alpha value is -4.43. The SMILES string of the molecule is N#C/C(=C/c1ccccc1OCC(=O)Nc1ccc(F)cc1)c1ccc2ccccc2c1. The van der Waals surface area contributed by atoms with E-state index in [-0.39, 0.29) is 18.3 Å². The predicted octanol–water partition coefficient (Wildman–Crippen LogP) is 6.06. The number of nitriles is 1. The van der Waals surface area contributed by atoms with Crippen molar-refractivity contribution in [2.24, 2.45) is 0 Å². The minimum Gasteiger partial charge on any atom is -0.483 e. The number of fused-ring (bicyclic) bond motifs is 1. The van der Waals surface area contributed by atoms with Crippen LogP contribution in [0.25, 0.3) is 22.4 Å². The first kappa shape index (κ1) is 20.8. The van der Waals surface area contributed by atoms with Gasteiger partial charge < -0.3 is 10.1 Å². The molecule has 156 valence electrons.